The summed E-state index contributed by atoms with van der Waals surface area (Å²) in [5.41, 5.74) is 5.10. The van der Waals surface area contributed by atoms with E-state index in [4.69, 9.17) is 59.3 Å². The molecule has 8 atom stereocenters. The SMILES string of the molecule is NC(COCC(O)CO)(COCC(O)COCC(CO)OCC(O)CO)COCC(COCC(O)CO)OCC(O)CO. The van der Waals surface area contributed by atoms with E-state index in [-0.39, 0.29) is 79.3 Å². The molecule has 18 heteroatoms. The number of aliphatic hydroxyl groups is 10. The van der Waals surface area contributed by atoms with E-state index in [9.17, 15) is 30.6 Å². The molecule has 18 nitrogen and oxygen atoms in total. The van der Waals surface area contributed by atoms with E-state index in [0.717, 1.165) is 0 Å². The molecule has 0 fully saturated rings. The van der Waals surface area contributed by atoms with E-state index >= 15 is 0 Å². The van der Waals surface area contributed by atoms with Gasteiger partial charge in [0.15, 0.2) is 0 Å². The van der Waals surface area contributed by atoms with Crippen LogP contribution in [0.1, 0.15) is 0 Å². The average Bonchev–Trinajstić information content (AvgIpc) is 3.00. The Morgan fingerprint density at radius 3 is 1.19 bits per heavy atom. The normalized spacial score (nSPS) is 18.5. The monoisotopic (exact) mass is 639 g/mol. The first kappa shape index (κ1) is 42.3. The van der Waals surface area contributed by atoms with Crippen molar-refractivity contribution in [2.24, 2.45) is 5.73 Å². The van der Waals surface area contributed by atoms with Crippen LogP contribution in [0.15, 0.2) is 0 Å². The van der Waals surface area contributed by atoms with E-state index in [2.05, 4.69) is 0 Å². The Balaban J connectivity index is 4.86. The minimum atomic E-state index is -1.30. The zero-order valence-electron chi connectivity index (χ0n) is 24.5. The van der Waals surface area contributed by atoms with Gasteiger partial charge in [0, 0.05) is 0 Å². The van der Waals surface area contributed by atoms with Crippen molar-refractivity contribution in [1.29, 1.82) is 0 Å². The molecule has 0 aliphatic rings. The van der Waals surface area contributed by atoms with E-state index < -0.39 is 81.3 Å². The summed E-state index contributed by atoms with van der Waals surface area (Å²) in [6, 6.07) is 0. The Labute approximate surface area is 251 Å². The Bertz CT molecular complexity index is 626. The fourth-order valence-corrected chi connectivity index (χ4v) is 3.04. The maximum absolute atomic E-state index is 10.2. The van der Waals surface area contributed by atoms with Crippen LogP contribution in [-0.4, -0.2) is 212 Å². The topological polar surface area (TPSA) is 293 Å². The number of nitrogens with two attached hydrogens (primary N) is 1. The molecule has 0 rings (SSSR count). The fourth-order valence-electron chi connectivity index (χ4n) is 3.04. The van der Waals surface area contributed by atoms with Crippen molar-refractivity contribution >= 4 is 0 Å². The molecule has 0 saturated carbocycles. The molecule has 0 heterocycles. The van der Waals surface area contributed by atoms with Crippen LogP contribution >= 0.6 is 0 Å². The summed E-state index contributed by atoms with van der Waals surface area (Å²) in [6.45, 7) is -4.51. The van der Waals surface area contributed by atoms with Gasteiger partial charge in [-0.25, -0.2) is 0 Å². The third kappa shape index (κ3) is 23.3. The fraction of sp³-hybridized carbons (Fsp3) is 1.00. The molecule has 0 aromatic rings. The van der Waals surface area contributed by atoms with E-state index in [1.54, 1.807) is 0 Å². The van der Waals surface area contributed by atoms with Crippen LogP contribution < -0.4 is 5.73 Å². The Kier molecular flexibility index (Phi) is 26.0. The van der Waals surface area contributed by atoms with Crippen molar-refractivity contribution in [3.05, 3.63) is 0 Å². The van der Waals surface area contributed by atoms with Crippen LogP contribution in [0.3, 0.4) is 0 Å². The quantitative estimate of drug-likeness (QED) is 0.0336. The van der Waals surface area contributed by atoms with Gasteiger partial charge in [-0.05, 0) is 0 Å². The van der Waals surface area contributed by atoms with Gasteiger partial charge in [0.05, 0.1) is 118 Å². The number of hydrogen-bond donors (Lipinski definition) is 11. The zero-order valence-corrected chi connectivity index (χ0v) is 24.5. The van der Waals surface area contributed by atoms with Gasteiger partial charge in [-0.2, -0.15) is 0 Å². The van der Waals surface area contributed by atoms with Crippen molar-refractivity contribution in [2.45, 2.75) is 48.3 Å². The third-order valence-electron chi connectivity index (χ3n) is 5.42. The van der Waals surface area contributed by atoms with Gasteiger partial charge >= 0.3 is 0 Å². The maximum Gasteiger partial charge on any atom is 0.104 e. The predicted octanol–water partition coefficient (Wildman–Crippen LogP) is -6.70. The summed E-state index contributed by atoms with van der Waals surface area (Å²) in [5.74, 6) is 0. The lowest BCUT2D eigenvalue weighted by Gasteiger charge is -2.30. The number of hydrogen-bond acceptors (Lipinski definition) is 18. The zero-order chi connectivity index (χ0) is 32.5. The van der Waals surface area contributed by atoms with Crippen molar-refractivity contribution in [1.82, 2.24) is 0 Å². The lowest BCUT2D eigenvalue weighted by Crippen LogP contribution is -2.54. The molecule has 0 bridgehead atoms. The van der Waals surface area contributed by atoms with Crippen molar-refractivity contribution in [3.63, 3.8) is 0 Å². The van der Waals surface area contributed by atoms with Gasteiger partial charge < -0.3 is 90.0 Å². The van der Waals surface area contributed by atoms with E-state index in [0.29, 0.717) is 0 Å². The lowest BCUT2D eigenvalue weighted by molar-refractivity contribution is -0.112. The van der Waals surface area contributed by atoms with Crippen molar-refractivity contribution < 1.29 is 84.2 Å². The van der Waals surface area contributed by atoms with Crippen LogP contribution in [0.25, 0.3) is 0 Å². The summed E-state index contributed by atoms with van der Waals surface area (Å²) in [4.78, 5) is 0. The largest absolute Gasteiger partial charge is 0.394 e. The van der Waals surface area contributed by atoms with Crippen LogP contribution in [0.4, 0.5) is 0 Å². The summed E-state index contributed by atoms with van der Waals surface area (Å²) in [6.07, 6.45) is -7.10. The first-order valence-electron chi connectivity index (χ1n) is 13.9. The van der Waals surface area contributed by atoms with Gasteiger partial charge in [-0.15, -0.1) is 0 Å². The minimum absolute atomic E-state index is 0.0845. The highest BCUT2D eigenvalue weighted by Crippen LogP contribution is 2.08. The molecule has 0 spiro atoms. The maximum atomic E-state index is 10.2. The molecule has 0 aliphatic heterocycles. The Morgan fingerprint density at radius 2 is 0.721 bits per heavy atom. The van der Waals surface area contributed by atoms with Gasteiger partial charge in [0.25, 0.3) is 0 Å². The second kappa shape index (κ2) is 26.5. The molecule has 260 valence electrons. The molecular weight excluding hydrogens is 586 g/mol. The molecular formula is C25H53NO17. The van der Waals surface area contributed by atoms with Crippen molar-refractivity contribution in [3.8, 4) is 0 Å². The highest BCUT2D eigenvalue weighted by atomic mass is 16.6. The Hall–Kier alpha value is -0.720. The number of aliphatic hydroxyl groups excluding tert-OH is 10. The molecule has 12 N–H and O–H groups in total. The van der Waals surface area contributed by atoms with E-state index in [1.165, 1.54) is 0 Å². The summed E-state index contributed by atoms with van der Waals surface area (Å²) < 4.78 is 37.9. The first-order valence-corrected chi connectivity index (χ1v) is 13.9. The smallest absolute Gasteiger partial charge is 0.104 e. The number of rotatable bonds is 31. The first-order chi connectivity index (χ1) is 20.5. The Morgan fingerprint density at radius 1 is 0.395 bits per heavy atom. The average molecular weight is 640 g/mol. The second-order valence-corrected chi connectivity index (χ2v) is 10.1. The van der Waals surface area contributed by atoms with Crippen LogP contribution in [-0.2, 0) is 33.2 Å². The molecule has 0 amide bonds. The molecule has 0 saturated heterocycles. The van der Waals surface area contributed by atoms with Crippen molar-refractivity contribution in [2.75, 3.05) is 112 Å². The molecule has 43 heavy (non-hydrogen) atoms. The molecule has 0 aromatic carbocycles. The van der Waals surface area contributed by atoms with Crippen LogP contribution in [0.2, 0.25) is 0 Å². The summed E-state index contributed by atoms with van der Waals surface area (Å²) >= 11 is 0. The van der Waals surface area contributed by atoms with Gasteiger partial charge in [0.1, 0.15) is 42.7 Å². The highest BCUT2D eigenvalue weighted by molar-refractivity contribution is 4.84. The molecule has 0 aliphatic carbocycles. The van der Waals surface area contributed by atoms with Crippen LogP contribution in [0.5, 0.6) is 0 Å². The van der Waals surface area contributed by atoms with Gasteiger partial charge in [0.2, 0.25) is 0 Å². The standard InChI is InChI=1S/C25H53NO17/c26-25(15-39-7-19(33)2-28,16-40-9-22(36)8-38-12-23(5-31)42-10-20(34)3-29)17-41-14-24(43-11-21(35)4-30)13-37-6-18(32)1-27/h18-24,27-36H,1-17,26H2. The second-order valence-electron chi connectivity index (χ2n) is 10.1. The predicted molar refractivity (Wildman–Crippen MR) is 146 cm³/mol. The van der Waals surface area contributed by atoms with Gasteiger partial charge in [-0.1, -0.05) is 0 Å². The molecule has 8 unspecified atom stereocenters. The van der Waals surface area contributed by atoms with E-state index in [1.807, 2.05) is 0 Å². The molecule has 0 radical (unpaired) electrons. The highest BCUT2D eigenvalue weighted by Gasteiger charge is 2.28. The molecule has 0 aromatic heterocycles. The summed E-state index contributed by atoms with van der Waals surface area (Å²) in [5, 5.41) is 93.1. The van der Waals surface area contributed by atoms with Gasteiger partial charge in [-0.3, -0.25) is 0 Å². The van der Waals surface area contributed by atoms with Crippen LogP contribution in [0, 0.1) is 0 Å². The summed E-state index contributed by atoms with van der Waals surface area (Å²) in [7, 11) is 0. The number of ether oxygens (including phenoxy) is 7. The third-order valence-corrected chi connectivity index (χ3v) is 5.42. The lowest BCUT2D eigenvalue weighted by atomic mass is 10.1. The minimum Gasteiger partial charge on any atom is -0.394 e.